The standard InChI is InChI=1S/C23H27NO5/c1-6-28-22(27)19-13(2)24-17-11-23(4,5)12-18(26)21(17)20(19)15-7-9-16(10-8-15)29-14(3)25/h7-10,19-20H,6,11-12H2,1-5H3/t19?,20-/m0/s1. The maximum Gasteiger partial charge on any atom is 0.315 e. The highest BCUT2D eigenvalue weighted by molar-refractivity contribution is 6.09. The van der Waals surface area contributed by atoms with Gasteiger partial charge in [-0.2, -0.15) is 0 Å². The lowest BCUT2D eigenvalue weighted by Gasteiger charge is -2.39. The molecular weight excluding hydrogens is 370 g/mol. The van der Waals surface area contributed by atoms with Gasteiger partial charge in [0, 0.05) is 36.2 Å². The minimum Gasteiger partial charge on any atom is -0.465 e. The van der Waals surface area contributed by atoms with E-state index >= 15 is 0 Å². The van der Waals surface area contributed by atoms with Crippen molar-refractivity contribution in [3.63, 3.8) is 0 Å². The Morgan fingerprint density at radius 1 is 1.17 bits per heavy atom. The third-order valence-electron chi connectivity index (χ3n) is 5.34. The molecule has 0 saturated carbocycles. The molecule has 6 nitrogen and oxygen atoms in total. The van der Waals surface area contributed by atoms with E-state index in [1.807, 2.05) is 6.92 Å². The van der Waals surface area contributed by atoms with Gasteiger partial charge in [0.05, 0.1) is 6.61 Å². The van der Waals surface area contributed by atoms with Gasteiger partial charge in [0.1, 0.15) is 11.7 Å². The molecule has 0 bridgehead atoms. The number of carbonyl (C=O) groups excluding carboxylic acids is 3. The number of hydrogen-bond donors (Lipinski definition) is 0. The first-order valence-electron chi connectivity index (χ1n) is 9.89. The number of benzene rings is 1. The van der Waals surface area contributed by atoms with Crippen LogP contribution in [-0.4, -0.2) is 30.0 Å². The van der Waals surface area contributed by atoms with Crippen molar-refractivity contribution < 1.29 is 23.9 Å². The summed E-state index contributed by atoms with van der Waals surface area (Å²) in [5.74, 6) is -1.46. The summed E-state index contributed by atoms with van der Waals surface area (Å²) >= 11 is 0. The van der Waals surface area contributed by atoms with E-state index in [0.717, 1.165) is 11.3 Å². The summed E-state index contributed by atoms with van der Waals surface area (Å²) in [7, 11) is 0. The van der Waals surface area contributed by atoms with Crippen LogP contribution in [0.2, 0.25) is 0 Å². The number of nitrogens with zero attached hydrogens (tertiary/aromatic N) is 1. The van der Waals surface area contributed by atoms with Crippen LogP contribution in [0.3, 0.4) is 0 Å². The van der Waals surface area contributed by atoms with E-state index in [2.05, 4.69) is 18.8 Å². The molecule has 0 aromatic heterocycles. The molecule has 2 atom stereocenters. The maximum absolute atomic E-state index is 13.1. The van der Waals surface area contributed by atoms with Gasteiger partial charge in [-0.15, -0.1) is 0 Å². The molecule has 1 aromatic carbocycles. The van der Waals surface area contributed by atoms with E-state index in [-0.39, 0.29) is 23.8 Å². The first-order valence-corrected chi connectivity index (χ1v) is 9.89. The number of hydrogen-bond acceptors (Lipinski definition) is 6. The van der Waals surface area contributed by atoms with Crippen molar-refractivity contribution in [3.8, 4) is 5.75 Å². The number of Topliss-reactive ketones (excluding diaryl/α,β-unsaturated/α-hetero) is 1. The summed E-state index contributed by atoms with van der Waals surface area (Å²) in [6.07, 6.45) is 1.10. The Hall–Kier alpha value is -2.76. The van der Waals surface area contributed by atoms with Crippen molar-refractivity contribution in [2.75, 3.05) is 6.61 Å². The highest BCUT2D eigenvalue weighted by atomic mass is 16.5. The highest BCUT2D eigenvalue weighted by Crippen LogP contribution is 2.48. The zero-order valence-electron chi connectivity index (χ0n) is 17.6. The number of aliphatic imine (C=N–C) groups is 1. The summed E-state index contributed by atoms with van der Waals surface area (Å²) in [6.45, 7) is 9.28. The van der Waals surface area contributed by atoms with Crippen LogP contribution in [-0.2, 0) is 19.1 Å². The van der Waals surface area contributed by atoms with Gasteiger partial charge in [-0.3, -0.25) is 19.4 Å². The Bertz CT molecular complexity index is 908. The third-order valence-corrected chi connectivity index (χ3v) is 5.34. The fourth-order valence-electron chi connectivity index (χ4n) is 4.25. The lowest BCUT2D eigenvalue weighted by molar-refractivity contribution is -0.146. The van der Waals surface area contributed by atoms with Crippen LogP contribution in [0.25, 0.3) is 0 Å². The van der Waals surface area contributed by atoms with E-state index in [9.17, 15) is 14.4 Å². The van der Waals surface area contributed by atoms with Gasteiger partial charge >= 0.3 is 11.9 Å². The third kappa shape index (κ3) is 4.31. The van der Waals surface area contributed by atoms with Gasteiger partial charge in [-0.25, -0.2) is 0 Å². The molecule has 29 heavy (non-hydrogen) atoms. The highest BCUT2D eigenvalue weighted by Gasteiger charge is 2.45. The first kappa shape index (κ1) is 21.0. The molecule has 1 unspecified atom stereocenters. The smallest absolute Gasteiger partial charge is 0.315 e. The maximum atomic E-state index is 13.1. The number of allylic oxidation sites excluding steroid dienone is 2. The second kappa shape index (κ2) is 7.93. The van der Waals surface area contributed by atoms with Gasteiger partial charge in [0.25, 0.3) is 0 Å². The minimum absolute atomic E-state index is 0.0239. The Morgan fingerprint density at radius 3 is 2.41 bits per heavy atom. The molecule has 0 fully saturated rings. The quantitative estimate of drug-likeness (QED) is 0.567. The molecular formula is C23H27NO5. The van der Waals surface area contributed by atoms with Crippen molar-refractivity contribution in [1.29, 1.82) is 0 Å². The molecule has 6 heteroatoms. The molecule has 154 valence electrons. The predicted octanol–water partition coefficient (Wildman–Crippen LogP) is 3.99. The van der Waals surface area contributed by atoms with E-state index in [4.69, 9.17) is 9.47 Å². The summed E-state index contributed by atoms with van der Waals surface area (Å²) < 4.78 is 10.4. The monoisotopic (exact) mass is 397 g/mol. The SMILES string of the molecule is CCOC(=O)C1C(C)=NC2=C(C(=O)CC(C)(C)C2)[C@H]1c1ccc(OC(C)=O)cc1. The lowest BCUT2D eigenvalue weighted by atomic mass is 9.67. The van der Waals surface area contributed by atoms with Crippen molar-refractivity contribution in [2.24, 2.45) is 16.3 Å². The van der Waals surface area contributed by atoms with Crippen LogP contribution in [0.1, 0.15) is 58.9 Å². The minimum atomic E-state index is -0.654. The fraction of sp³-hybridized carbons (Fsp3) is 0.478. The van der Waals surface area contributed by atoms with Crippen molar-refractivity contribution in [2.45, 2.75) is 53.4 Å². The van der Waals surface area contributed by atoms with Crippen LogP contribution in [0, 0.1) is 11.3 Å². The molecule has 1 heterocycles. The second-order valence-electron chi connectivity index (χ2n) is 8.42. The van der Waals surface area contributed by atoms with Crippen LogP contribution in [0.4, 0.5) is 0 Å². The predicted molar refractivity (Wildman–Crippen MR) is 109 cm³/mol. The zero-order valence-corrected chi connectivity index (χ0v) is 17.6. The summed E-state index contributed by atoms with van der Waals surface area (Å²) in [4.78, 5) is 41.8. The Kier molecular flexibility index (Phi) is 5.73. The van der Waals surface area contributed by atoms with E-state index in [1.54, 1.807) is 31.2 Å². The summed E-state index contributed by atoms with van der Waals surface area (Å²) in [5, 5.41) is 0. The van der Waals surface area contributed by atoms with Gasteiger partial charge in [0.15, 0.2) is 5.78 Å². The number of rotatable bonds is 4. The van der Waals surface area contributed by atoms with Gasteiger partial charge in [0.2, 0.25) is 0 Å². The Balaban J connectivity index is 2.10. The largest absolute Gasteiger partial charge is 0.465 e. The van der Waals surface area contributed by atoms with Crippen LogP contribution < -0.4 is 4.74 Å². The molecule has 3 rings (SSSR count). The molecule has 0 N–H and O–H groups in total. The molecule has 1 aliphatic heterocycles. The molecule has 0 spiro atoms. The van der Waals surface area contributed by atoms with Crippen LogP contribution in [0.5, 0.6) is 5.75 Å². The van der Waals surface area contributed by atoms with Crippen molar-refractivity contribution >= 4 is 23.4 Å². The van der Waals surface area contributed by atoms with E-state index < -0.39 is 17.8 Å². The Labute approximate surface area is 171 Å². The number of ketones is 1. The van der Waals surface area contributed by atoms with Crippen molar-refractivity contribution in [1.82, 2.24) is 0 Å². The Morgan fingerprint density at radius 2 is 1.83 bits per heavy atom. The van der Waals surface area contributed by atoms with Crippen molar-refractivity contribution in [3.05, 3.63) is 41.1 Å². The molecule has 0 radical (unpaired) electrons. The summed E-state index contributed by atoms with van der Waals surface area (Å²) in [5.41, 5.74) is 2.65. The first-order chi connectivity index (χ1) is 13.6. The number of ether oxygens (including phenoxy) is 2. The second-order valence-corrected chi connectivity index (χ2v) is 8.42. The number of carbonyl (C=O) groups is 3. The molecule has 0 amide bonds. The molecule has 1 aromatic rings. The van der Waals surface area contributed by atoms with E-state index in [0.29, 0.717) is 29.9 Å². The fourth-order valence-corrected chi connectivity index (χ4v) is 4.25. The van der Waals surface area contributed by atoms with Crippen LogP contribution >= 0.6 is 0 Å². The number of esters is 2. The van der Waals surface area contributed by atoms with Gasteiger partial charge < -0.3 is 9.47 Å². The summed E-state index contributed by atoms with van der Waals surface area (Å²) in [6, 6.07) is 6.95. The molecule has 2 aliphatic rings. The lowest BCUT2D eigenvalue weighted by Crippen LogP contribution is -2.39. The van der Waals surface area contributed by atoms with Crippen LogP contribution in [0.15, 0.2) is 40.5 Å². The average Bonchev–Trinajstić information content (AvgIpc) is 2.59. The zero-order chi connectivity index (χ0) is 21.3. The average molecular weight is 397 g/mol. The normalized spacial score (nSPS) is 23.2. The molecule has 1 aliphatic carbocycles. The van der Waals surface area contributed by atoms with E-state index in [1.165, 1.54) is 6.92 Å². The molecule has 0 saturated heterocycles. The van der Waals surface area contributed by atoms with Gasteiger partial charge in [-0.05, 0) is 43.4 Å². The topological polar surface area (TPSA) is 82.0 Å². The van der Waals surface area contributed by atoms with Gasteiger partial charge in [-0.1, -0.05) is 26.0 Å².